The van der Waals surface area contributed by atoms with Gasteiger partial charge in [0.05, 0.1) is 33.2 Å². The molecule has 3 rings (SSSR count). The molecule has 13 heteroatoms. The van der Waals surface area contributed by atoms with Crippen molar-refractivity contribution in [2.24, 2.45) is 0 Å². The van der Waals surface area contributed by atoms with E-state index < -0.39 is 60.3 Å². The average Bonchev–Trinajstić information content (AvgIpc) is 2.72. The van der Waals surface area contributed by atoms with Gasteiger partial charge >= 0.3 is 6.03 Å². The Morgan fingerprint density at radius 2 is 1.03 bits per heavy atom. The summed E-state index contributed by atoms with van der Waals surface area (Å²) in [5.74, 6) is -10.1. The SMILES string of the molecule is O=C1CC(=O)N(CC(F)(F)c2ccc(Cl)c(Cl)c2)C(=O)N1CC(F)(F)c1ccc(Cl)c(Cl)c1. The van der Waals surface area contributed by atoms with Gasteiger partial charge in [0.25, 0.3) is 11.8 Å². The van der Waals surface area contributed by atoms with Gasteiger partial charge in [0.2, 0.25) is 11.8 Å². The number of halogens is 8. The second kappa shape index (κ2) is 9.29. The van der Waals surface area contributed by atoms with Gasteiger partial charge < -0.3 is 0 Å². The molecule has 0 aliphatic carbocycles. The standard InChI is InChI=1S/C20H12Cl4F4N2O3/c21-12-3-1-10(5-14(12)23)19(25,26)8-29-16(31)7-17(32)30(18(29)33)9-20(27,28)11-2-4-13(22)15(24)6-11/h1-6H,7-9H2. The molecule has 0 unspecified atom stereocenters. The maximum absolute atomic E-state index is 14.8. The summed E-state index contributed by atoms with van der Waals surface area (Å²) in [6, 6.07) is 4.18. The molecule has 1 aliphatic rings. The first kappa shape index (κ1) is 25.6. The summed E-state index contributed by atoms with van der Waals surface area (Å²) in [4.78, 5) is 37.1. The third-order valence-corrected chi connectivity index (χ3v) is 6.24. The summed E-state index contributed by atoms with van der Waals surface area (Å²) in [6.45, 7) is -2.99. The molecule has 0 saturated carbocycles. The van der Waals surface area contributed by atoms with Crippen molar-refractivity contribution in [3.8, 4) is 0 Å². The van der Waals surface area contributed by atoms with Gasteiger partial charge in [-0.3, -0.25) is 19.4 Å². The van der Waals surface area contributed by atoms with E-state index in [1.165, 1.54) is 0 Å². The van der Waals surface area contributed by atoms with Crippen LogP contribution in [-0.2, 0) is 21.4 Å². The normalized spacial score (nSPS) is 15.5. The minimum atomic E-state index is -3.81. The van der Waals surface area contributed by atoms with Gasteiger partial charge in [0.15, 0.2) is 0 Å². The highest BCUT2D eigenvalue weighted by Gasteiger charge is 2.47. The number of barbiturate groups is 1. The first-order chi connectivity index (χ1) is 15.2. The van der Waals surface area contributed by atoms with E-state index in [4.69, 9.17) is 46.4 Å². The van der Waals surface area contributed by atoms with Gasteiger partial charge in [-0.05, 0) is 24.3 Å². The summed E-state index contributed by atoms with van der Waals surface area (Å²) >= 11 is 22.9. The van der Waals surface area contributed by atoms with Crippen molar-refractivity contribution in [1.29, 1.82) is 0 Å². The van der Waals surface area contributed by atoms with Crippen molar-refractivity contribution in [3.63, 3.8) is 0 Å². The van der Waals surface area contributed by atoms with Crippen LogP contribution in [0.4, 0.5) is 22.4 Å². The molecule has 1 heterocycles. The smallest absolute Gasteiger partial charge is 0.274 e. The molecule has 33 heavy (non-hydrogen) atoms. The third-order valence-electron chi connectivity index (χ3n) is 4.76. The minimum Gasteiger partial charge on any atom is -0.274 e. The molecule has 4 amide bonds. The molecule has 0 bridgehead atoms. The van der Waals surface area contributed by atoms with Gasteiger partial charge in [-0.15, -0.1) is 0 Å². The van der Waals surface area contributed by atoms with E-state index in [2.05, 4.69) is 0 Å². The van der Waals surface area contributed by atoms with Crippen molar-refractivity contribution in [2.75, 3.05) is 13.1 Å². The van der Waals surface area contributed by atoms with Crippen molar-refractivity contribution in [1.82, 2.24) is 9.80 Å². The summed E-state index contributed by atoms with van der Waals surface area (Å²) in [5.41, 5.74) is -1.33. The van der Waals surface area contributed by atoms with Gasteiger partial charge in [0, 0.05) is 11.1 Å². The van der Waals surface area contributed by atoms with E-state index in [0.29, 0.717) is 0 Å². The molecule has 0 aromatic heterocycles. The van der Waals surface area contributed by atoms with Crippen LogP contribution >= 0.6 is 46.4 Å². The second-order valence-electron chi connectivity index (χ2n) is 7.09. The highest BCUT2D eigenvalue weighted by molar-refractivity contribution is 6.42. The van der Waals surface area contributed by atoms with Gasteiger partial charge in [-0.2, -0.15) is 17.6 Å². The molecule has 0 atom stereocenters. The monoisotopic (exact) mass is 544 g/mol. The van der Waals surface area contributed by atoms with Crippen LogP contribution in [0.3, 0.4) is 0 Å². The summed E-state index contributed by atoms with van der Waals surface area (Å²) < 4.78 is 59.1. The molecule has 1 fully saturated rings. The number of nitrogens with zero attached hydrogens (tertiary/aromatic N) is 2. The topological polar surface area (TPSA) is 57.7 Å². The zero-order valence-electron chi connectivity index (χ0n) is 16.2. The maximum Gasteiger partial charge on any atom is 0.333 e. The fourth-order valence-corrected chi connectivity index (χ4v) is 3.61. The Labute approximate surface area is 204 Å². The Hall–Kier alpha value is -2.07. The van der Waals surface area contributed by atoms with Gasteiger partial charge in [0.1, 0.15) is 6.42 Å². The Morgan fingerprint density at radius 3 is 1.36 bits per heavy atom. The molecule has 1 aliphatic heterocycles. The molecule has 2 aromatic rings. The van der Waals surface area contributed by atoms with Gasteiger partial charge in [-0.25, -0.2) is 4.79 Å². The molecule has 176 valence electrons. The third kappa shape index (κ3) is 5.37. The van der Waals surface area contributed by atoms with E-state index in [0.717, 1.165) is 36.4 Å². The lowest BCUT2D eigenvalue weighted by molar-refractivity contribution is -0.149. The molecular weight excluding hydrogens is 534 g/mol. The highest BCUT2D eigenvalue weighted by atomic mass is 35.5. The van der Waals surface area contributed by atoms with Gasteiger partial charge in [-0.1, -0.05) is 58.5 Å². The fraction of sp³-hybridized carbons (Fsp3) is 0.250. The number of hydrogen-bond acceptors (Lipinski definition) is 3. The van der Waals surface area contributed by atoms with E-state index >= 15 is 0 Å². The van der Waals surface area contributed by atoms with Crippen LogP contribution in [0.25, 0.3) is 0 Å². The fourth-order valence-electron chi connectivity index (χ4n) is 3.02. The number of urea groups is 1. The Bertz CT molecular complexity index is 1060. The molecule has 0 radical (unpaired) electrons. The van der Waals surface area contributed by atoms with Crippen LogP contribution in [-0.4, -0.2) is 40.7 Å². The average molecular weight is 546 g/mol. The summed E-state index contributed by atoms with van der Waals surface area (Å²) in [6.07, 6.45) is -1.04. The molecule has 0 spiro atoms. The van der Waals surface area contributed by atoms with E-state index in [1.807, 2.05) is 0 Å². The van der Waals surface area contributed by atoms with Crippen LogP contribution < -0.4 is 0 Å². The number of carbonyl (C=O) groups excluding carboxylic acids is 3. The van der Waals surface area contributed by atoms with E-state index in [1.54, 1.807) is 0 Å². The Kier molecular flexibility index (Phi) is 7.19. The number of benzene rings is 2. The first-order valence-corrected chi connectivity index (χ1v) is 10.6. The first-order valence-electron chi connectivity index (χ1n) is 9.04. The van der Waals surface area contributed by atoms with E-state index in [-0.39, 0.29) is 29.9 Å². The molecular formula is C20H12Cl4F4N2O3. The Balaban J connectivity index is 1.85. The lowest BCUT2D eigenvalue weighted by Crippen LogP contribution is -2.59. The van der Waals surface area contributed by atoms with Crippen LogP contribution in [0, 0.1) is 0 Å². The van der Waals surface area contributed by atoms with Crippen molar-refractivity contribution < 1.29 is 31.9 Å². The number of amides is 4. The zero-order chi connectivity index (χ0) is 24.7. The number of imide groups is 2. The zero-order valence-corrected chi connectivity index (χ0v) is 19.3. The van der Waals surface area contributed by atoms with E-state index in [9.17, 15) is 31.9 Å². The van der Waals surface area contributed by atoms with Crippen LogP contribution in [0.15, 0.2) is 36.4 Å². The number of alkyl halides is 4. The van der Waals surface area contributed by atoms with Crippen molar-refractivity contribution >= 4 is 64.2 Å². The predicted molar refractivity (Wildman–Crippen MR) is 114 cm³/mol. The number of carbonyl (C=O) groups is 3. The second-order valence-corrected chi connectivity index (χ2v) is 8.71. The molecule has 0 N–H and O–H groups in total. The quantitative estimate of drug-likeness (QED) is 0.313. The van der Waals surface area contributed by atoms with Crippen molar-refractivity contribution in [2.45, 2.75) is 18.3 Å². The summed E-state index contributed by atoms with van der Waals surface area (Å²) in [7, 11) is 0. The molecule has 2 aromatic carbocycles. The minimum absolute atomic E-state index is 0.00245. The highest BCUT2D eigenvalue weighted by Crippen LogP contribution is 2.36. The molecule has 1 saturated heterocycles. The maximum atomic E-state index is 14.8. The van der Waals surface area contributed by atoms with Crippen LogP contribution in [0.2, 0.25) is 20.1 Å². The van der Waals surface area contributed by atoms with Crippen LogP contribution in [0.5, 0.6) is 0 Å². The number of hydrogen-bond donors (Lipinski definition) is 0. The predicted octanol–water partition coefficient (Wildman–Crippen LogP) is 6.36. The largest absolute Gasteiger partial charge is 0.333 e. The number of rotatable bonds is 6. The summed E-state index contributed by atoms with van der Waals surface area (Å²) in [5, 5.41) is -0.378. The van der Waals surface area contributed by atoms with Crippen molar-refractivity contribution in [3.05, 3.63) is 67.6 Å². The molecule has 5 nitrogen and oxygen atoms in total. The Morgan fingerprint density at radius 1 is 0.667 bits per heavy atom. The lowest BCUT2D eigenvalue weighted by Gasteiger charge is -2.36. The lowest BCUT2D eigenvalue weighted by atomic mass is 10.1. The van der Waals surface area contributed by atoms with Crippen LogP contribution in [0.1, 0.15) is 17.5 Å².